The van der Waals surface area contributed by atoms with Crippen molar-refractivity contribution in [3.63, 3.8) is 0 Å². The maximum Gasteiger partial charge on any atom is 0.344 e. The lowest BCUT2D eigenvalue weighted by atomic mass is 9.93. The van der Waals surface area contributed by atoms with Gasteiger partial charge in [0, 0.05) is 28.0 Å². The van der Waals surface area contributed by atoms with Gasteiger partial charge in [-0.05, 0) is 73.5 Å². The van der Waals surface area contributed by atoms with Crippen LogP contribution in [-0.4, -0.2) is 36.2 Å². The smallest absolute Gasteiger partial charge is 0.344 e. The van der Waals surface area contributed by atoms with Gasteiger partial charge in [0.05, 0.1) is 5.56 Å². The summed E-state index contributed by atoms with van der Waals surface area (Å²) in [6.07, 6.45) is 3.83. The summed E-state index contributed by atoms with van der Waals surface area (Å²) >= 11 is 3.46. The van der Waals surface area contributed by atoms with Crippen LogP contribution in [0.1, 0.15) is 19.3 Å². The molecule has 3 aromatic carbocycles. The minimum atomic E-state index is -0.452. The maximum absolute atomic E-state index is 13.2. The summed E-state index contributed by atoms with van der Waals surface area (Å²) in [6.45, 7) is 3.80. The van der Waals surface area contributed by atoms with Crippen molar-refractivity contribution in [1.82, 2.24) is 4.90 Å². The molecule has 0 bridgehead atoms. The van der Waals surface area contributed by atoms with Crippen LogP contribution in [0.4, 0.5) is 0 Å². The summed E-state index contributed by atoms with van der Waals surface area (Å²) in [4.78, 5) is 15.6. The lowest BCUT2D eigenvalue weighted by Crippen LogP contribution is -2.33. The number of likely N-dealkylation sites (tertiary alicyclic amines) is 1. The van der Waals surface area contributed by atoms with E-state index < -0.39 is 5.63 Å². The van der Waals surface area contributed by atoms with E-state index in [9.17, 15) is 9.90 Å². The third kappa shape index (κ3) is 4.88. The highest BCUT2D eigenvalue weighted by Gasteiger charge is 2.19. The Morgan fingerprint density at radius 1 is 0.912 bits per heavy atom. The molecule has 0 spiro atoms. The van der Waals surface area contributed by atoms with Gasteiger partial charge in [0.25, 0.3) is 0 Å². The molecule has 5 nitrogen and oxygen atoms in total. The topological polar surface area (TPSA) is 62.9 Å². The van der Waals surface area contributed by atoms with Crippen LogP contribution in [-0.2, 0) is 0 Å². The van der Waals surface area contributed by atoms with Crippen LogP contribution in [0, 0.1) is 0 Å². The number of phenolic OH excluding ortho intramolecular Hbond substituents is 1. The number of rotatable bonds is 6. The SMILES string of the molecule is O=c1oc2cc(O)ccc2c(-c2cccc(OCCN3CCCCC3)c2)c1-c1ccc(Br)cc1. The summed E-state index contributed by atoms with van der Waals surface area (Å²) in [7, 11) is 0. The van der Waals surface area contributed by atoms with Gasteiger partial charge in [-0.2, -0.15) is 0 Å². The Morgan fingerprint density at radius 2 is 1.71 bits per heavy atom. The Kier molecular flexibility index (Phi) is 6.70. The van der Waals surface area contributed by atoms with E-state index in [4.69, 9.17) is 9.15 Å². The Hall–Kier alpha value is -3.09. The van der Waals surface area contributed by atoms with Crippen LogP contribution in [0.5, 0.6) is 11.5 Å². The second kappa shape index (κ2) is 10.0. The third-order valence-corrected chi connectivity index (χ3v) is 6.80. The number of hydrogen-bond acceptors (Lipinski definition) is 5. The summed E-state index contributed by atoms with van der Waals surface area (Å²) in [5.41, 5.74) is 2.76. The second-order valence-corrected chi connectivity index (χ2v) is 9.52. The fraction of sp³-hybridized carbons (Fsp3) is 0.250. The number of aromatic hydroxyl groups is 1. The Morgan fingerprint density at radius 3 is 2.50 bits per heavy atom. The standard InChI is InChI=1S/C28H26BrNO4/c29-21-9-7-19(8-10-21)27-26(24-12-11-22(31)18-25(24)34-28(27)32)20-5-4-6-23(17-20)33-16-15-30-13-2-1-3-14-30/h4-12,17-18,31H,1-3,13-16H2. The van der Waals surface area contributed by atoms with Crippen LogP contribution in [0.3, 0.4) is 0 Å². The largest absolute Gasteiger partial charge is 0.508 e. The van der Waals surface area contributed by atoms with Crippen molar-refractivity contribution in [3.05, 3.63) is 81.6 Å². The van der Waals surface area contributed by atoms with Crippen molar-refractivity contribution in [2.45, 2.75) is 19.3 Å². The highest BCUT2D eigenvalue weighted by molar-refractivity contribution is 9.10. The van der Waals surface area contributed by atoms with Crippen LogP contribution in [0.15, 0.2) is 80.4 Å². The van der Waals surface area contributed by atoms with Crippen molar-refractivity contribution < 1.29 is 14.3 Å². The first-order valence-corrected chi connectivity index (χ1v) is 12.4. The van der Waals surface area contributed by atoms with E-state index in [1.54, 1.807) is 12.1 Å². The van der Waals surface area contributed by atoms with Crippen LogP contribution in [0.25, 0.3) is 33.2 Å². The Labute approximate surface area is 206 Å². The fourth-order valence-corrected chi connectivity index (χ4v) is 4.85. The van der Waals surface area contributed by atoms with Gasteiger partial charge in [-0.25, -0.2) is 4.79 Å². The summed E-state index contributed by atoms with van der Waals surface area (Å²) < 4.78 is 12.7. The highest BCUT2D eigenvalue weighted by atomic mass is 79.9. The van der Waals surface area contributed by atoms with E-state index >= 15 is 0 Å². The average Bonchev–Trinajstić information content (AvgIpc) is 2.85. The molecule has 0 saturated carbocycles. The third-order valence-electron chi connectivity index (χ3n) is 6.27. The first-order valence-electron chi connectivity index (χ1n) is 11.6. The molecule has 1 fully saturated rings. The number of piperidine rings is 1. The Balaban J connectivity index is 1.55. The quantitative estimate of drug-likeness (QED) is 0.296. The molecule has 0 unspecified atom stereocenters. The first-order chi connectivity index (χ1) is 16.6. The van der Waals surface area contributed by atoms with Gasteiger partial charge in [0.15, 0.2) is 0 Å². The molecular formula is C28H26BrNO4. The van der Waals surface area contributed by atoms with Gasteiger partial charge in [0.2, 0.25) is 0 Å². The predicted molar refractivity (Wildman–Crippen MR) is 139 cm³/mol. The van der Waals surface area contributed by atoms with Crippen molar-refractivity contribution in [1.29, 1.82) is 0 Å². The van der Waals surface area contributed by atoms with Gasteiger partial charge in [-0.1, -0.05) is 46.6 Å². The maximum atomic E-state index is 13.2. The highest BCUT2D eigenvalue weighted by Crippen LogP contribution is 2.38. The molecule has 34 heavy (non-hydrogen) atoms. The summed E-state index contributed by atoms with van der Waals surface area (Å²) in [5.74, 6) is 0.809. The molecule has 4 aromatic rings. The number of nitrogens with zero attached hydrogens (tertiary/aromatic N) is 1. The van der Waals surface area contributed by atoms with Crippen molar-refractivity contribution in [2.75, 3.05) is 26.2 Å². The van der Waals surface area contributed by atoms with E-state index in [0.29, 0.717) is 17.8 Å². The zero-order chi connectivity index (χ0) is 23.5. The Bertz CT molecular complexity index is 1360. The van der Waals surface area contributed by atoms with Gasteiger partial charge >= 0.3 is 5.63 Å². The lowest BCUT2D eigenvalue weighted by Gasteiger charge is -2.26. The normalized spacial score (nSPS) is 14.4. The van der Waals surface area contributed by atoms with E-state index in [0.717, 1.165) is 51.9 Å². The number of benzene rings is 3. The van der Waals surface area contributed by atoms with Crippen LogP contribution >= 0.6 is 15.9 Å². The van der Waals surface area contributed by atoms with Crippen molar-refractivity contribution in [2.24, 2.45) is 0 Å². The molecule has 174 valence electrons. The number of hydrogen-bond donors (Lipinski definition) is 1. The molecule has 1 aromatic heterocycles. The number of fused-ring (bicyclic) bond motifs is 1. The molecule has 5 rings (SSSR count). The minimum absolute atomic E-state index is 0.0489. The van der Waals surface area contributed by atoms with Crippen LogP contribution < -0.4 is 10.4 Å². The minimum Gasteiger partial charge on any atom is -0.508 e. The number of phenols is 1. The number of ether oxygens (including phenoxy) is 1. The molecule has 1 aliphatic rings. The average molecular weight is 520 g/mol. The molecule has 6 heteroatoms. The predicted octanol–water partition coefficient (Wildman–Crippen LogP) is 6.46. The molecule has 0 amide bonds. The van der Waals surface area contributed by atoms with Gasteiger partial charge in [-0.3, -0.25) is 4.90 Å². The van der Waals surface area contributed by atoms with Gasteiger partial charge in [-0.15, -0.1) is 0 Å². The van der Waals surface area contributed by atoms with E-state index in [-0.39, 0.29) is 5.75 Å². The van der Waals surface area contributed by atoms with Crippen molar-refractivity contribution >= 4 is 26.9 Å². The molecule has 0 aliphatic carbocycles. The van der Waals surface area contributed by atoms with E-state index in [1.807, 2.05) is 48.5 Å². The van der Waals surface area contributed by atoms with Crippen molar-refractivity contribution in [3.8, 4) is 33.8 Å². The van der Waals surface area contributed by atoms with E-state index in [2.05, 4.69) is 20.8 Å². The van der Waals surface area contributed by atoms with E-state index in [1.165, 1.54) is 25.3 Å². The molecule has 1 saturated heterocycles. The molecule has 2 heterocycles. The lowest BCUT2D eigenvalue weighted by molar-refractivity contribution is 0.183. The van der Waals surface area contributed by atoms with Gasteiger partial charge in [0.1, 0.15) is 23.7 Å². The zero-order valence-corrected chi connectivity index (χ0v) is 20.4. The molecular weight excluding hydrogens is 494 g/mol. The van der Waals surface area contributed by atoms with Crippen LogP contribution in [0.2, 0.25) is 0 Å². The summed E-state index contributed by atoms with van der Waals surface area (Å²) in [5, 5.41) is 10.7. The molecule has 1 N–H and O–H groups in total. The molecule has 0 radical (unpaired) electrons. The zero-order valence-electron chi connectivity index (χ0n) is 18.8. The number of halogens is 1. The fourth-order valence-electron chi connectivity index (χ4n) is 4.59. The molecule has 0 atom stereocenters. The molecule has 1 aliphatic heterocycles. The first kappa shape index (κ1) is 22.7. The van der Waals surface area contributed by atoms with Gasteiger partial charge < -0.3 is 14.3 Å². The second-order valence-electron chi connectivity index (χ2n) is 8.61. The summed E-state index contributed by atoms with van der Waals surface area (Å²) in [6, 6.07) is 20.3. The monoisotopic (exact) mass is 519 g/mol.